The molecule has 0 aliphatic heterocycles. The molecule has 0 amide bonds. The van der Waals surface area contributed by atoms with Crippen LogP contribution in [0.25, 0.3) is 0 Å². The normalized spacial score (nSPS) is 26.6. The van der Waals surface area contributed by atoms with Gasteiger partial charge in [-0.25, -0.2) is 4.39 Å². The second-order valence-corrected chi connectivity index (χ2v) is 8.98. The van der Waals surface area contributed by atoms with Gasteiger partial charge in [-0.05, 0) is 111 Å². The Hall–Kier alpha value is -2.33. The molecule has 0 nitrogen and oxygen atoms in total. The van der Waals surface area contributed by atoms with Gasteiger partial charge in [-0.1, -0.05) is 42.2 Å². The molecule has 4 unspecified atom stereocenters. The van der Waals surface area contributed by atoms with Crippen molar-refractivity contribution in [3.63, 3.8) is 0 Å². The lowest BCUT2D eigenvalue weighted by Crippen LogP contribution is -2.30. The highest BCUT2D eigenvalue weighted by Crippen LogP contribution is 2.47. The largest absolute Gasteiger partial charge is 0.206 e. The molecule has 0 saturated heterocycles. The molecular weight excluding hydrogens is 355 g/mol. The van der Waals surface area contributed by atoms with Crippen LogP contribution in [0, 0.1) is 42.3 Å². The molecule has 4 rings (SSSR count). The number of allylic oxidation sites excluding steroid dienone is 2. The number of fused-ring (bicyclic) bond motifs is 1. The summed E-state index contributed by atoms with van der Waals surface area (Å²) in [5.41, 5.74) is 3.79. The second-order valence-electron chi connectivity index (χ2n) is 8.98. The van der Waals surface area contributed by atoms with Crippen molar-refractivity contribution in [2.24, 2.45) is 17.8 Å². The average molecular weight is 387 g/mol. The van der Waals surface area contributed by atoms with Gasteiger partial charge in [0.15, 0.2) is 0 Å². The molecule has 2 saturated carbocycles. The van der Waals surface area contributed by atoms with Crippen molar-refractivity contribution >= 4 is 0 Å². The summed E-state index contributed by atoms with van der Waals surface area (Å²) in [4.78, 5) is 0. The van der Waals surface area contributed by atoms with E-state index in [1.54, 1.807) is 6.07 Å². The fourth-order valence-corrected chi connectivity index (χ4v) is 5.37. The summed E-state index contributed by atoms with van der Waals surface area (Å²) in [6, 6.07) is 13.9. The quantitative estimate of drug-likeness (QED) is 0.372. The smallest absolute Gasteiger partial charge is 0.139 e. The Balaban J connectivity index is 1.40. The van der Waals surface area contributed by atoms with Crippen molar-refractivity contribution < 1.29 is 4.39 Å². The van der Waals surface area contributed by atoms with Crippen LogP contribution in [0.3, 0.4) is 0 Å². The number of benzene rings is 2. The lowest BCUT2D eigenvalue weighted by atomic mass is 9.64. The third-order valence-corrected chi connectivity index (χ3v) is 6.97. The van der Waals surface area contributed by atoms with Crippen LogP contribution in [-0.2, 0) is 0 Å². The monoisotopic (exact) mass is 386 g/mol. The molecule has 0 radical (unpaired) electrons. The number of halogens is 1. The van der Waals surface area contributed by atoms with Crippen LogP contribution >= 0.6 is 0 Å². The molecule has 2 aliphatic carbocycles. The number of aryl methyl sites for hydroxylation is 1. The maximum atomic E-state index is 14.0. The first-order chi connectivity index (χ1) is 14.1. The molecule has 0 heterocycles. The maximum absolute atomic E-state index is 14.0. The molecule has 2 fully saturated rings. The molecule has 4 atom stereocenters. The van der Waals surface area contributed by atoms with E-state index in [1.807, 2.05) is 13.0 Å². The Labute approximate surface area is 175 Å². The van der Waals surface area contributed by atoms with Gasteiger partial charge in [-0.3, -0.25) is 0 Å². The van der Waals surface area contributed by atoms with E-state index in [0.717, 1.165) is 28.9 Å². The molecular formula is C28H31F. The molecule has 2 aliphatic rings. The summed E-state index contributed by atoms with van der Waals surface area (Å²) in [6.45, 7) is 4.04. The number of rotatable bonds is 2. The zero-order chi connectivity index (χ0) is 20.2. The third-order valence-electron chi connectivity index (χ3n) is 6.97. The SMILES string of the molecule is C/C=C/C1CCC2CC(c3ccc(C#Cc4ccc(C)cc4F)cc3)CCC2C1. The minimum atomic E-state index is -0.241. The molecule has 0 spiro atoms. The van der Waals surface area contributed by atoms with E-state index in [-0.39, 0.29) is 5.82 Å². The van der Waals surface area contributed by atoms with Crippen LogP contribution in [0.15, 0.2) is 54.6 Å². The molecule has 1 heteroatoms. The first kappa shape index (κ1) is 20.0. The van der Waals surface area contributed by atoms with Gasteiger partial charge < -0.3 is 0 Å². The summed E-state index contributed by atoms with van der Waals surface area (Å²) in [5.74, 6) is 9.18. The lowest BCUT2D eigenvalue weighted by molar-refractivity contribution is 0.133. The second kappa shape index (κ2) is 9.00. The van der Waals surface area contributed by atoms with Crippen molar-refractivity contribution in [1.29, 1.82) is 0 Å². The Bertz CT molecular complexity index is 925. The van der Waals surface area contributed by atoms with Crippen LogP contribution in [0.4, 0.5) is 4.39 Å². The molecule has 2 aromatic rings. The average Bonchev–Trinajstić information content (AvgIpc) is 2.73. The summed E-state index contributed by atoms with van der Waals surface area (Å²) < 4.78 is 14.0. The van der Waals surface area contributed by atoms with E-state index in [0.29, 0.717) is 11.5 Å². The topological polar surface area (TPSA) is 0 Å². The van der Waals surface area contributed by atoms with Crippen LogP contribution in [-0.4, -0.2) is 0 Å². The van der Waals surface area contributed by atoms with Crippen molar-refractivity contribution in [2.45, 2.75) is 58.3 Å². The van der Waals surface area contributed by atoms with Gasteiger partial charge in [0.1, 0.15) is 5.82 Å². The first-order valence-corrected chi connectivity index (χ1v) is 11.1. The summed E-state index contributed by atoms with van der Waals surface area (Å²) in [6.07, 6.45) is 12.8. The van der Waals surface area contributed by atoms with Crippen LogP contribution < -0.4 is 0 Å². The van der Waals surface area contributed by atoms with Gasteiger partial charge in [0.05, 0.1) is 5.56 Å². The predicted octanol–water partition coefficient (Wildman–Crippen LogP) is 7.41. The minimum absolute atomic E-state index is 0.241. The van der Waals surface area contributed by atoms with Crippen molar-refractivity contribution in [3.8, 4) is 11.8 Å². The van der Waals surface area contributed by atoms with E-state index in [4.69, 9.17) is 0 Å². The Kier molecular flexibility index (Phi) is 6.19. The number of hydrogen-bond donors (Lipinski definition) is 0. The van der Waals surface area contributed by atoms with Crippen molar-refractivity contribution in [3.05, 3.63) is 82.7 Å². The molecule has 29 heavy (non-hydrogen) atoms. The highest BCUT2D eigenvalue weighted by molar-refractivity contribution is 5.45. The van der Waals surface area contributed by atoms with Gasteiger partial charge in [0.2, 0.25) is 0 Å². The zero-order valence-corrected chi connectivity index (χ0v) is 17.6. The van der Waals surface area contributed by atoms with E-state index in [1.165, 1.54) is 50.2 Å². The van der Waals surface area contributed by atoms with E-state index in [2.05, 4.69) is 55.2 Å². The fraction of sp³-hybridized carbons (Fsp3) is 0.429. The van der Waals surface area contributed by atoms with Gasteiger partial charge in [-0.2, -0.15) is 0 Å². The molecule has 150 valence electrons. The van der Waals surface area contributed by atoms with Crippen molar-refractivity contribution in [1.82, 2.24) is 0 Å². The van der Waals surface area contributed by atoms with E-state index >= 15 is 0 Å². The lowest BCUT2D eigenvalue weighted by Gasteiger charge is -2.41. The minimum Gasteiger partial charge on any atom is -0.206 e. The highest BCUT2D eigenvalue weighted by atomic mass is 19.1. The fourth-order valence-electron chi connectivity index (χ4n) is 5.37. The van der Waals surface area contributed by atoms with E-state index in [9.17, 15) is 4.39 Å². The van der Waals surface area contributed by atoms with Crippen LogP contribution in [0.5, 0.6) is 0 Å². The van der Waals surface area contributed by atoms with Gasteiger partial charge in [0.25, 0.3) is 0 Å². The summed E-state index contributed by atoms with van der Waals surface area (Å²) in [5, 5.41) is 0. The first-order valence-electron chi connectivity index (χ1n) is 11.1. The highest BCUT2D eigenvalue weighted by Gasteiger charge is 2.35. The maximum Gasteiger partial charge on any atom is 0.139 e. The number of hydrogen-bond acceptors (Lipinski definition) is 0. The molecule has 2 aromatic carbocycles. The third kappa shape index (κ3) is 4.81. The summed E-state index contributed by atoms with van der Waals surface area (Å²) in [7, 11) is 0. The van der Waals surface area contributed by atoms with Crippen LogP contribution in [0.2, 0.25) is 0 Å². The zero-order valence-electron chi connectivity index (χ0n) is 17.6. The molecule has 0 N–H and O–H groups in total. The Morgan fingerprint density at radius 2 is 1.66 bits per heavy atom. The van der Waals surface area contributed by atoms with E-state index < -0.39 is 0 Å². The Morgan fingerprint density at radius 3 is 2.41 bits per heavy atom. The van der Waals surface area contributed by atoms with Gasteiger partial charge >= 0.3 is 0 Å². The Morgan fingerprint density at radius 1 is 0.897 bits per heavy atom. The predicted molar refractivity (Wildman–Crippen MR) is 119 cm³/mol. The van der Waals surface area contributed by atoms with Crippen LogP contribution in [0.1, 0.15) is 73.6 Å². The summed E-state index contributed by atoms with van der Waals surface area (Å²) >= 11 is 0. The molecule has 0 aromatic heterocycles. The standard InChI is InChI=1S/C28H31F/c1-3-4-22-9-14-27-19-26(16-15-25(27)18-22)23-11-6-21(7-12-23)8-13-24-10-5-20(2)17-28(24)29/h3-7,10-12,17,22,25-27H,9,14-16,18-19H2,1-2H3/b4-3+. The van der Waals surface area contributed by atoms with Gasteiger partial charge in [0, 0.05) is 5.56 Å². The van der Waals surface area contributed by atoms with Gasteiger partial charge in [-0.15, -0.1) is 0 Å². The van der Waals surface area contributed by atoms with Crippen molar-refractivity contribution in [2.75, 3.05) is 0 Å². The molecule has 0 bridgehead atoms.